The molecule has 96 valence electrons. The Kier molecular flexibility index (Phi) is 2.45. The molecule has 1 aromatic carbocycles. The number of benzene rings is 1. The van der Waals surface area contributed by atoms with Gasteiger partial charge in [0.1, 0.15) is 5.82 Å². The predicted molar refractivity (Wildman–Crippen MR) is 66.5 cm³/mol. The predicted octanol–water partition coefficient (Wildman–Crippen LogP) is 2.34. The van der Waals surface area contributed by atoms with Gasteiger partial charge in [-0.25, -0.2) is 4.39 Å². The lowest BCUT2D eigenvalue weighted by atomic mass is 9.88. The number of fused-ring (bicyclic) bond motifs is 1. The van der Waals surface area contributed by atoms with Crippen molar-refractivity contribution < 1.29 is 9.13 Å². The Morgan fingerprint density at radius 3 is 3.11 bits per heavy atom. The smallest absolute Gasteiger partial charge is 0.123 e. The lowest BCUT2D eigenvalue weighted by Gasteiger charge is -2.27. The molecule has 18 heavy (non-hydrogen) atoms. The number of halogens is 1. The highest BCUT2D eigenvalue weighted by molar-refractivity contribution is 5.16. The van der Waals surface area contributed by atoms with Crippen LogP contribution in [0.25, 0.3) is 0 Å². The van der Waals surface area contributed by atoms with Crippen LogP contribution in [-0.4, -0.2) is 18.7 Å². The highest BCUT2D eigenvalue weighted by Gasteiger charge is 2.56. The van der Waals surface area contributed by atoms with Crippen LogP contribution in [0, 0.1) is 23.6 Å². The summed E-state index contributed by atoms with van der Waals surface area (Å²) >= 11 is 0. The molecule has 5 unspecified atom stereocenters. The van der Waals surface area contributed by atoms with E-state index in [-0.39, 0.29) is 5.82 Å². The van der Waals surface area contributed by atoms with Crippen molar-refractivity contribution in [3.8, 4) is 0 Å². The molecule has 0 radical (unpaired) electrons. The molecule has 1 heterocycles. The Morgan fingerprint density at radius 1 is 1.28 bits per heavy atom. The molecule has 3 heteroatoms. The summed E-state index contributed by atoms with van der Waals surface area (Å²) in [6, 6.07) is 7.28. The number of ether oxygens (including phenoxy) is 1. The minimum atomic E-state index is -0.178. The van der Waals surface area contributed by atoms with Crippen LogP contribution >= 0.6 is 0 Å². The van der Waals surface area contributed by atoms with E-state index in [2.05, 4.69) is 5.32 Å². The monoisotopic (exact) mass is 247 g/mol. The zero-order valence-corrected chi connectivity index (χ0v) is 10.3. The number of rotatable bonds is 3. The highest BCUT2D eigenvalue weighted by Crippen LogP contribution is 2.52. The standard InChI is InChI=1S/C15H18FNO/c16-12-3-1-2-9(4-12)8-18-15-10-5-11-7-17-14(15)13(11)6-10/h1-4,10-11,13-15,17H,5-8H2. The van der Waals surface area contributed by atoms with Gasteiger partial charge >= 0.3 is 0 Å². The molecule has 1 aliphatic heterocycles. The van der Waals surface area contributed by atoms with Gasteiger partial charge in [-0.3, -0.25) is 0 Å². The SMILES string of the molecule is Fc1cccc(COC2C3CC4CNC2C4C3)c1. The molecule has 0 amide bonds. The summed E-state index contributed by atoms with van der Waals surface area (Å²) < 4.78 is 19.2. The summed E-state index contributed by atoms with van der Waals surface area (Å²) in [7, 11) is 0. The van der Waals surface area contributed by atoms with Crippen LogP contribution in [0.15, 0.2) is 24.3 Å². The first-order chi connectivity index (χ1) is 8.81. The van der Waals surface area contributed by atoms with E-state index in [1.165, 1.54) is 25.5 Å². The summed E-state index contributed by atoms with van der Waals surface area (Å²) in [6.45, 7) is 1.71. The molecule has 5 atom stereocenters. The molecular formula is C15H18FNO. The van der Waals surface area contributed by atoms with Gasteiger partial charge in [0.25, 0.3) is 0 Å². The fourth-order valence-corrected chi connectivity index (χ4v) is 4.30. The van der Waals surface area contributed by atoms with Crippen LogP contribution in [0.1, 0.15) is 18.4 Å². The van der Waals surface area contributed by atoms with Gasteiger partial charge in [-0.2, -0.15) is 0 Å². The van der Waals surface area contributed by atoms with Crippen molar-refractivity contribution in [1.82, 2.24) is 5.32 Å². The quantitative estimate of drug-likeness (QED) is 0.885. The number of hydrogen-bond acceptors (Lipinski definition) is 2. The number of nitrogens with one attached hydrogen (secondary N) is 1. The van der Waals surface area contributed by atoms with Gasteiger partial charge in [0.15, 0.2) is 0 Å². The van der Waals surface area contributed by atoms with Crippen LogP contribution in [0.3, 0.4) is 0 Å². The maximum Gasteiger partial charge on any atom is 0.123 e. The van der Waals surface area contributed by atoms with Gasteiger partial charge in [0.05, 0.1) is 12.7 Å². The second-order valence-electron chi connectivity index (χ2n) is 5.99. The van der Waals surface area contributed by atoms with E-state index in [0.29, 0.717) is 18.8 Å². The van der Waals surface area contributed by atoms with Crippen LogP contribution in [0.2, 0.25) is 0 Å². The molecule has 3 fully saturated rings. The first kappa shape index (κ1) is 10.9. The van der Waals surface area contributed by atoms with Crippen molar-refractivity contribution >= 4 is 0 Å². The highest BCUT2D eigenvalue weighted by atomic mass is 19.1. The van der Waals surface area contributed by atoms with Crippen molar-refractivity contribution in [2.24, 2.45) is 17.8 Å². The fraction of sp³-hybridized carbons (Fsp3) is 0.600. The molecule has 1 aromatic rings. The van der Waals surface area contributed by atoms with Crippen LogP contribution in [0.5, 0.6) is 0 Å². The summed E-state index contributed by atoms with van der Waals surface area (Å²) in [6.07, 6.45) is 3.00. The molecule has 0 spiro atoms. The minimum Gasteiger partial charge on any atom is -0.372 e. The van der Waals surface area contributed by atoms with Gasteiger partial charge in [0.2, 0.25) is 0 Å². The molecule has 2 bridgehead atoms. The van der Waals surface area contributed by atoms with Gasteiger partial charge in [0, 0.05) is 6.04 Å². The molecule has 1 saturated heterocycles. The van der Waals surface area contributed by atoms with Gasteiger partial charge in [-0.1, -0.05) is 12.1 Å². The van der Waals surface area contributed by atoms with E-state index in [1.807, 2.05) is 6.07 Å². The Labute approximate surface area is 107 Å². The van der Waals surface area contributed by atoms with E-state index >= 15 is 0 Å². The Morgan fingerprint density at radius 2 is 2.22 bits per heavy atom. The zero-order valence-electron chi connectivity index (χ0n) is 10.3. The summed E-state index contributed by atoms with van der Waals surface area (Å²) in [5, 5.41) is 3.61. The fourth-order valence-electron chi connectivity index (χ4n) is 4.30. The first-order valence-electron chi connectivity index (χ1n) is 6.91. The molecule has 2 nitrogen and oxygen atoms in total. The van der Waals surface area contributed by atoms with E-state index in [4.69, 9.17) is 4.74 Å². The van der Waals surface area contributed by atoms with E-state index in [9.17, 15) is 4.39 Å². The lowest BCUT2D eigenvalue weighted by molar-refractivity contribution is -0.00832. The summed E-state index contributed by atoms with van der Waals surface area (Å²) in [5.74, 6) is 2.29. The average molecular weight is 247 g/mol. The molecule has 4 rings (SSSR count). The molecular weight excluding hydrogens is 229 g/mol. The van der Waals surface area contributed by atoms with E-state index in [1.54, 1.807) is 12.1 Å². The second-order valence-corrected chi connectivity index (χ2v) is 5.99. The lowest BCUT2D eigenvalue weighted by Crippen LogP contribution is -2.39. The first-order valence-corrected chi connectivity index (χ1v) is 6.91. The Bertz CT molecular complexity index is 462. The molecule has 3 aliphatic rings. The van der Waals surface area contributed by atoms with Crippen molar-refractivity contribution in [3.63, 3.8) is 0 Å². The zero-order chi connectivity index (χ0) is 12.1. The van der Waals surface area contributed by atoms with Crippen LogP contribution in [0.4, 0.5) is 4.39 Å². The maximum absolute atomic E-state index is 13.1. The van der Waals surface area contributed by atoms with Crippen LogP contribution < -0.4 is 5.32 Å². The summed E-state index contributed by atoms with van der Waals surface area (Å²) in [5.41, 5.74) is 0.937. The molecule has 2 aliphatic carbocycles. The van der Waals surface area contributed by atoms with Crippen molar-refractivity contribution in [3.05, 3.63) is 35.6 Å². The third kappa shape index (κ3) is 1.61. The Hall–Kier alpha value is -0.930. The normalized spacial score (nSPS) is 40.6. The molecule has 1 N–H and O–H groups in total. The van der Waals surface area contributed by atoms with Crippen molar-refractivity contribution in [2.45, 2.75) is 31.6 Å². The summed E-state index contributed by atoms with van der Waals surface area (Å²) in [4.78, 5) is 0. The Balaban J connectivity index is 1.44. The van der Waals surface area contributed by atoms with Crippen molar-refractivity contribution in [1.29, 1.82) is 0 Å². The molecule has 2 saturated carbocycles. The molecule has 0 aromatic heterocycles. The van der Waals surface area contributed by atoms with Crippen LogP contribution in [-0.2, 0) is 11.3 Å². The van der Waals surface area contributed by atoms with Gasteiger partial charge < -0.3 is 10.1 Å². The second kappa shape index (κ2) is 4.04. The van der Waals surface area contributed by atoms with E-state index in [0.717, 1.165) is 23.3 Å². The topological polar surface area (TPSA) is 21.3 Å². The van der Waals surface area contributed by atoms with Crippen molar-refractivity contribution in [2.75, 3.05) is 6.54 Å². The largest absolute Gasteiger partial charge is 0.372 e. The maximum atomic E-state index is 13.1. The minimum absolute atomic E-state index is 0.178. The van der Waals surface area contributed by atoms with Gasteiger partial charge in [-0.05, 0) is 54.8 Å². The third-order valence-corrected chi connectivity index (χ3v) is 5.01. The average Bonchev–Trinajstić information content (AvgIpc) is 2.96. The van der Waals surface area contributed by atoms with Gasteiger partial charge in [-0.15, -0.1) is 0 Å². The number of hydrogen-bond donors (Lipinski definition) is 1. The van der Waals surface area contributed by atoms with E-state index < -0.39 is 0 Å². The third-order valence-electron chi connectivity index (χ3n) is 5.01.